The minimum atomic E-state index is -4.22. The largest absolute Gasteiger partial charge is 0.427 e. The molecule has 0 aliphatic heterocycles. The Morgan fingerprint density at radius 3 is 1.68 bits per heavy atom. The molecule has 0 atom stereocenters. The lowest BCUT2D eigenvalue weighted by atomic mass is 10.1. The first-order valence-electron chi connectivity index (χ1n) is 5.63. The quantitative estimate of drug-likeness (QED) is 0.225. The molecule has 0 spiro atoms. The summed E-state index contributed by atoms with van der Waals surface area (Å²) in [5.41, 5.74) is 3.94. The van der Waals surface area contributed by atoms with E-state index in [1.165, 1.54) is 12.1 Å². The highest BCUT2D eigenvalue weighted by Gasteiger charge is 2.20. The van der Waals surface area contributed by atoms with Gasteiger partial charge in [0.15, 0.2) is 0 Å². The van der Waals surface area contributed by atoms with Gasteiger partial charge in [-0.1, -0.05) is 0 Å². The molecule has 0 aromatic heterocycles. The summed E-state index contributed by atoms with van der Waals surface area (Å²) in [5.74, 6) is 0.105. The van der Waals surface area contributed by atoms with Crippen LogP contribution in [0.4, 0.5) is 0 Å². The number of aliphatic hydroxyl groups excluding tert-OH is 3. The summed E-state index contributed by atoms with van der Waals surface area (Å²) in [4.78, 5) is 16.6. The minimum Gasteiger partial charge on any atom is -0.427 e. The number of rotatable bonds is 6. The molecule has 0 saturated heterocycles. The van der Waals surface area contributed by atoms with Gasteiger partial charge in [-0.3, -0.25) is 4.55 Å². The van der Waals surface area contributed by atoms with Crippen LogP contribution in [0.5, 0.6) is 5.75 Å². The number of benzene rings is 1. The van der Waals surface area contributed by atoms with Crippen molar-refractivity contribution in [3.8, 4) is 5.75 Å². The van der Waals surface area contributed by atoms with E-state index in [1.807, 2.05) is 0 Å². The Morgan fingerprint density at radius 2 is 1.45 bits per heavy atom. The van der Waals surface area contributed by atoms with E-state index >= 15 is 0 Å². The van der Waals surface area contributed by atoms with E-state index in [0.717, 1.165) is 12.1 Å². The molecular weight excluding hydrogens is 341 g/mol. The molecule has 128 valence electrons. The van der Waals surface area contributed by atoms with Crippen molar-refractivity contribution in [2.75, 3.05) is 19.8 Å². The maximum Gasteiger partial charge on any atom is 0.391 e. The van der Waals surface area contributed by atoms with Crippen LogP contribution in [0.2, 0.25) is 0 Å². The lowest BCUT2D eigenvalue weighted by Gasteiger charge is -2.20. The van der Waals surface area contributed by atoms with E-state index in [1.54, 1.807) is 0 Å². The molecule has 0 saturated carbocycles. The van der Waals surface area contributed by atoms with Crippen molar-refractivity contribution >= 4 is 18.7 Å². The third kappa shape index (κ3) is 7.94. The molecule has 0 radical (unpaired) electrons. The Bertz CT molecular complexity index is 522. The zero-order valence-electron chi connectivity index (χ0n) is 11.3. The van der Waals surface area contributed by atoms with Gasteiger partial charge in [0.25, 0.3) is 10.1 Å². The van der Waals surface area contributed by atoms with Crippen LogP contribution in [-0.2, 0) is 10.1 Å². The zero-order valence-corrected chi connectivity index (χ0v) is 13.0. The first-order chi connectivity index (χ1) is 10.1. The van der Waals surface area contributed by atoms with Gasteiger partial charge >= 0.3 is 8.60 Å². The number of hydrogen-bond acceptors (Lipinski definition) is 9. The lowest BCUT2D eigenvalue weighted by molar-refractivity contribution is 0.0697. The third-order valence-electron chi connectivity index (χ3n) is 2.25. The summed E-state index contributed by atoms with van der Waals surface area (Å²) in [7, 11) is -6.75. The highest BCUT2D eigenvalue weighted by atomic mass is 32.2. The fourth-order valence-corrected chi connectivity index (χ4v) is 1.71. The summed E-state index contributed by atoms with van der Waals surface area (Å²) in [5, 5.41) is 25.0. The molecule has 1 aromatic rings. The first-order valence-corrected chi connectivity index (χ1v) is 8.23. The van der Waals surface area contributed by atoms with E-state index in [2.05, 4.69) is 4.52 Å². The van der Waals surface area contributed by atoms with Crippen LogP contribution < -0.4 is 10.3 Å². The second-order valence-electron chi connectivity index (χ2n) is 4.13. The van der Waals surface area contributed by atoms with Gasteiger partial charge in [-0.05, 0) is 24.3 Å². The zero-order chi connectivity index (χ0) is 17.4. The number of nitrogens with two attached hydrogens (primary N) is 1. The van der Waals surface area contributed by atoms with Crippen molar-refractivity contribution in [3.63, 3.8) is 0 Å². The van der Waals surface area contributed by atoms with Gasteiger partial charge in [0.05, 0.1) is 30.3 Å². The van der Waals surface area contributed by atoms with Crippen LogP contribution >= 0.6 is 8.60 Å². The van der Waals surface area contributed by atoms with Crippen LogP contribution in [-0.4, -0.2) is 63.4 Å². The van der Waals surface area contributed by atoms with Crippen LogP contribution in [0.3, 0.4) is 0 Å². The molecule has 12 heteroatoms. The number of aliphatic hydroxyl groups is 3. The Labute approximate surface area is 128 Å². The highest BCUT2D eigenvalue weighted by Crippen LogP contribution is 2.29. The topological polar surface area (TPSA) is 191 Å². The predicted molar refractivity (Wildman–Crippen MR) is 76.4 cm³/mol. The van der Waals surface area contributed by atoms with Gasteiger partial charge in [0.1, 0.15) is 5.75 Å². The van der Waals surface area contributed by atoms with Crippen LogP contribution in [0.15, 0.2) is 29.2 Å². The lowest BCUT2D eigenvalue weighted by Crippen LogP contribution is -2.50. The second-order valence-corrected chi connectivity index (χ2v) is 6.24. The molecule has 1 rings (SSSR count). The fourth-order valence-electron chi connectivity index (χ4n) is 0.917. The normalized spacial score (nSPS) is 11.8. The Morgan fingerprint density at radius 1 is 1.05 bits per heavy atom. The third-order valence-corrected chi connectivity index (χ3v) is 3.50. The molecule has 0 amide bonds. The SMILES string of the molecule is NC(CO)(CO)CO.O=S(=O)(O)c1ccc(OP(O)O)cc1. The summed E-state index contributed by atoms with van der Waals surface area (Å²) >= 11 is 0. The molecule has 22 heavy (non-hydrogen) atoms. The molecule has 8 N–H and O–H groups in total. The van der Waals surface area contributed by atoms with Gasteiger partial charge in [0.2, 0.25) is 0 Å². The van der Waals surface area contributed by atoms with Crippen molar-refractivity contribution in [2.45, 2.75) is 10.4 Å². The van der Waals surface area contributed by atoms with Gasteiger partial charge in [-0.25, -0.2) is 0 Å². The number of hydrogen-bond donors (Lipinski definition) is 7. The van der Waals surface area contributed by atoms with Crippen molar-refractivity contribution in [1.29, 1.82) is 0 Å². The van der Waals surface area contributed by atoms with Gasteiger partial charge in [0, 0.05) is 0 Å². The summed E-state index contributed by atoms with van der Waals surface area (Å²) in [6.07, 6.45) is 0. The van der Waals surface area contributed by atoms with Crippen molar-refractivity contribution < 1.29 is 42.6 Å². The van der Waals surface area contributed by atoms with Crippen molar-refractivity contribution in [3.05, 3.63) is 24.3 Å². The van der Waals surface area contributed by atoms with Gasteiger partial charge in [-0.2, -0.15) is 8.42 Å². The molecule has 1 aromatic carbocycles. The Balaban J connectivity index is 0.000000472. The first kappa shape index (κ1) is 21.1. The van der Waals surface area contributed by atoms with E-state index in [9.17, 15) is 8.42 Å². The van der Waals surface area contributed by atoms with Crippen molar-refractivity contribution in [2.24, 2.45) is 5.73 Å². The van der Waals surface area contributed by atoms with E-state index in [0.29, 0.717) is 0 Å². The van der Waals surface area contributed by atoms with Gasteiger partial charge in [-0.15, -0.1) is 0 Å². The van der Waals surface area contributed by atoms with Crippen molar-refractivity contribution in [1.82, 2.24) is 0 Å². The molecule has 10 nitrogen and oxygen atoms in total. The molecule has 0 aliphatic rings. The average Bonchev–Trinajstić information content (AvgIpc) is 2.46. The van der Waals surface area contributed by atoms with E-state index in [-0.39, 0.29) is 10.6 Å². The average molecular weight is 359 g/mol. The second kappa shape index (κ2) is 9.30. The maximum atomic E-state index is 10.6. The molecule has 0 bridgehead atoms. The summed E-state index contributed by atoms with van der Waals surface area (Å²) < 4.78 is 34.3. The molecule has 0 heterocycles. The highest BCUT2D eigenvalue weighted by molar-refractivity contribution is 7.85. The van der Waals surface area contributed by atoms with E-state index < -0.39 is 44.1 Å². The predicted octanol–water partition coefficient (Wildman–Crippen LogP) is -1.82. The smallest absolute Gasteiger partial charge is 0.391 e. The van der Waals surface area contributed by atoms with Gasteiger partial charge < -0.3 is 35.4 Å². The standard InChI is InChI=1S/C6H7O6PS.C4H11NO3/c7-13(8)12-5-1-3-6(4-2-5)14(9,10)11;5-4(1-6,2-7)3-8/h1-4,7-8H,(H,9,10,11);6-8H,1-3,5H2. The molecule has 0 fully saturated rings. The van der Waals surface area contributed by atoms with Crippen LogP contribution in [0, 0.1) is 0 Å². The molecule has 0 unspecified atom stereocenters. The minimum absolute atomic E-state index is 0.105. The maximum absolute atomic E-state index is 10.6. The fraction of sp³-hybridized carbons (Fsp3) is 0.400. The Kier molecular flexibility index (Phi) is 8.93. The van der Waals surface area contributed by atoms with Crippen LogP contribution in [0.25, 0.3) is 0 Å². The van der Waals surface area contributed by atoms with Crippen LogP contribution in [0.1, 0.15) is 0 Å². The Hall–Kier alpha value is -0.880. The monoisotopic (exact) mass is 359 g/mol. The summed E-state index contributed by atoms with van der Waals surface area (Å²) in [6.45, 7) is -1.21. The van der Waals surface area contributed by atoms with E-state index in [4.69, 9.17) is 35.4 Å². The molecule has 0 aliphatic carbocycles. The molecular formula is C10H18NO9PS. The summed E-state index contributed by atoms with van der Waals surface area (Å²) in [6, 6.07) is 4.57.